The Hall–Kier alpha value is -2.55. The highest BCUT2D eigenvalue weighted by Gasteiger charge is 2.26. The van der Waals surface area contributed by atoms with Gasteiger partial charge in [0, 0.05) is 12.4 Å². The zero-order chi connectivity index (χ0) is 16.4. The van der Waals surface area contributed by atoms with Crippen molar-refractivity contribution in [2.45, 2.75) is 20.5 Å². The van der Waals surface area contributed by atoms with E-state index in [1.54, 1.807) is 37.0 Å². The quantitative estimate of drug-likeness (QED) is 0.607. The summed E-state index contributed by atoms with van der Waals surface area (Å²) in [5, 5.41) is 15.4. The molecule has 0 bridgehead atoms. The number of nitrogens with zero attached hydrogens (tertiary/aromatic N) is 6. The van der Waals surface area contributed by atoms with Crippen LogP contribution >= 0.6 is 0 Å². The van der Waals surface area contributed by atoms with Crippen molar-refractivity contribution < 1.29 is 9.82 Å². The first-order chi connectivity index (χ1) is 11.1. The maximum Gasteiger partial charge on any atom is 0.312 e. The first-order valence-corrected chi connectivity index (χ1v) is 7.60. The summed E-state index contributed by atoms with van der Waals surface area (Å²) in [6.07, 6.45) is 3.49. The minimum Gasteiger partial charge on any atom is -0.330 e. The van der Waals surface area contributed by atoms with Crippen molar-refractivity contribution in [1.29, 1.82) is 0 Å². The van der Waals surface area contributed by atoms with E-state index in [9.17, 15) is 10.1 Å². The number of aryl methyl sites for hydroxylation is 1. The standard InChI is InChI=1S/C14H19N7O2/c1-11-13(21(22)23)12(2)20(17-11)10-18-6-8-19(9-7-18)14-15-4-3-5-16-14/h3-5H,6-10H2,1-2H3/p+1. The Morgan fingerprint density at radius 1 is 1.26 bits per heavy atom. The monoisotopic (exact) mass is 318 g/mol. The van der Waals surface area contributed by atoms with Crippen molar-refractivity contribution in [2.24, 2.45) is 0 Å². The van der Waals surface area contributed by atoms with Gasteiger partial charge in [-0.25, -0.2) is 14.6 Å². The van der Waals surface area contributed by atoms with E-state index in [1.165, 1.54) is 4.90 Å². The second-order valence-electron chi connectivity index (χ2n) is 5.72. The molecule has 0 amide bonds. The number of nitrogens with one attached hydrogen (secondary N) is 1. The van der Waals surface area contributed by atoms with Crippen molar-refractivity contribution in [3.8, 4) is 0 Å². The second kappa shape index (κ2) is 6.29. The number of anilines is 1. The molecule has 3 heterocycles. The molecule has 3 rings (SSSR count). The van der Waals surface area contributed by atoms with Crippen LogP contribution < -0.4 is 9.80 Å². The normalized spacial score (nSPS) is 15.8. The van der Waals surface area contributed by atoms with Gasteiger partial charge >= 0.3 is 5.69 Å². The summed E-state index contributed by atoms with van der Waals surface area (Å²) in [6.45, 7) is 7.65. The third kappa shape index (κ3) is 3.14. The molecule has 9 heteroatoms. The van der Waals surface area contributed by atoms with Gasteiger partial charge in [0.1, 0.15) is 11.4 Å². The fourth-order valence-electron chi connectivity index (χ4n) is 2.95. The Bertz CT molecular complexity index is 693. The number of hydrogen-bond donors (Lipinski definition) is 1. The highest BCUT2D eigenvalue weighted by Crippen LogP contribution is 2.20. The van der Waals surface area contributed by atoms with Gasteiger partial charge in [-0.2, -0.15) is 5.10 Å². The molecular weight excluding hydrogens is 298 g/mol. The zero-order valence-electron chi connectivity index (χ0n) is 13.3. The van der Waals surface area contributed by atoms with Gasteiger partial charge in [-0.05, 0) is 19.9 Å². The molecule has 1 N–H and O–H groups in total. The van der Waals surface area contributed by atoms with E-state index in [4.69, 9.17) is 0 Å². The molecule has 1 saturated heterocycles. The average molecular weight is 318 g/mol. The first kappa shape index (κ1) is 15.3. The predicted molar refractivity (Wildman–Crippen MR) is 83.3 cm³/mol. The summed E-state index contributed by atoms with van der Waals surface area (Å²) >= 11 is 0. The van der Waals surface area contributed by atoms with Crippen LogP contribution in [0.1, 0.15) is 11.4 Å². The van der Waals surface area contributed by atoms with Crippen molar-refractivity contribution in [3.63, 3.8) is 0 Å². The lowest BCUT2D eigenvalue weighted by Gasteiger charge is -2.32. The van der Waals surface area contributed by atoms with Crippen LogP contribution in [0, 0.1) is 24.0 Å². The third-order valence-electron chi connectivity index (χ3n) is 4.20. The summed E-state index contributed by atoms with van der Waals surface area (Å²) in [5.41, 5.74) is 1.22. The van der Waals surface area contributed by atoms with E-state index in [0.29, 0.717) is 18.1 Å². The highest BCUT2D eigenvalue weighted by atomic mass is 16.6. The van der Waals surface area contributed by atoms with Crippen LogP contribution in [0.25, 0.3) is 0 Å². The van der Waals surface area contributed by atoms with E-state index in [-0.39, 0.29) is 10.6 Å². The summed E-state index contributed by atoms with van der Waals surface area (Å²) in [4.78, 5) is 22.8. The number of hydrogen-bond acceptors (Lipinski definition) is 6. The van der Waals surface area contributed by atoms with Gasteiger partial charge in [0.05, 0.1) is 31.1 Å². The van der Waals surface area contributed by atoms with Gasteiger partial charge < -0.3 is 9.80 Å². The molecule has 1 aliphatic heterocycles. The lowest BCUT2D eigenvalue weighted by molar-refractivity contribution is -0.924. The number of aromatic nitrogens is 4. The number of nitro groups is 1. The lowest BCUT2D eigenvalue weighted by Crippen LogP contribution is -3.14. The zero-order valence-corrected chi connectivity index (χ0v) is 13.3. The maximum atomic E-state index is 11.1. The lowest BCUT2D eigenvalue weighted by atomic mass is 10.3. The summed E-state index contributed by atoms with van der Waals surface area (Å²) in [5.74, 6) is 0.758. The maximum absolute atomic E-state index is 11.1. The van der Waals surface area contributed by atoms with E-state index in [0.717, 1.165) is 32.1 Å². The van der Waals surface area contributed by atoms with E-state index < -0.39 is 0 Å². The molecule has 0 unspecified atom stereocenters. The molecule has 0 aliphatic carbocycles. The smallest absolute Gasteiger partial charge is 0.312 e. The van der Waals surface area contributed by atoms with Crippen molar-refractivity contribution >= 4 is 11.6 Å². The first-order valence-electron chi connectivity index (χ1n) is 7.60. The van der Waals surface area contributed by atoms with Gasteiger partial charge in [0.25, 0.3) is 0 Å². The number of rotatable bonds is 4. The second-order valence-corrected chi connectivity index (χ2v) is 5.72. The molecule has 0 spiro atoms. The minimum absolute atomic E-state index is 0.126. The fourth-order valence-corrected chi connectivity index (χ4v) is 2.95. The van der Waals surface area contributed by atoms with Gasteiger partial charge in [-0.15, -0.1) is 0 Å². The van der Waals surface area contributed by atoms with Gasteiger partial charge in [0.15, 0.2) is 6.67 Å². The van der Waals surface area contributed by atoms with Crippen molar-refractivity contribution in [2.75, 3.05) is 31.1 Å². The average Bonchev–Trinajstić information content (AvgIpc) is 2.83. The predicted octanol–water partition coefficient (Wildman–Crippen LogP) is -0.439. The Labute approximate surface area is 133 Å². The SMILES string of the molecule is Cc1nn(C[NH+]2CCN(c3ncccn3)CC2)c(C)c1[N+](=O)[O-]. The Morgan fingerprint density at radius 2 is 1.91 bits per heavy atom. The fraction of sp³-hybridized carbons (Fsp3) is 0.500. The van der Waals surface area contributed by atoms with Gasteiger partial charge in [0.2, 0.25) is 5.95 Å². The molecule has 0 saturated carbocycles. The third-order valence-corrected chi connectivity index (χ3v) is 4.20. The molecule has 23 heavy (non-hydrogen) atoms. The Morgan fingerprint density at radius 3 is 2.48 bits per heavy atom. The largest absolute Gasteiger partial charge is 0.330 e. The molecule has 1 fully saturated rings. The molecule has 2 aromatic heterocycles. The van der Waals surface area contributed by atoms with Crippen LogP contribution in [-0.2, 0) is 6.67 Å². The highest BCUT2D eigenvalue weighted by molar-refractivity contribution is 5.39. The van der Waals surface area contributed by atoms with E-state index in [1.807, 2.05) is 0 Å². The van der Waals surface area contributed by atoms with E-state index in [2.05, 4.69) is 20.0 Å². The van der Waals surface area contributed by atoms with Crippen LogP contribution in [0.2, 0.25) is 0 Å². The van der Waals surface area contributed by atoms with E-state index >= 15 is 0 Å². The molecule has 0 aromatic carbocycles. The van der Waals surface area contributed by atoms with Gasteiger partial charge in [-0.1, -0.05) is 0 Å². The number of piperazine rings is 1. The summed E-state index contributed by atoms with van der Waals surface area (Å²) in [7, 11) is 0. The van der Waals surface area contributed by atoms with Crippen LogP contribution in [0.5, 0.6) is 0 Å². The summed E-state index contributed by atoms with van der Waals surface area (Å²) in [6, 6.07) is 1.81. The molecule has 9 nitrogen and oxygen atoms in total. The van der Waals surface area contributed by atoms with Gasteiger partial charge in [-0.3, -0.25) is 10.1 Å². The molecule has 122 valence electrons. The van der Waals surface area contributed by atoms with Crippen molar-refractivity contribution in [3.05, 3.63) is 40.0 Å². The summed E-state index contributed by atoms with van der Waals surface area (Å²) < 4.78 is 1.75. The van der Waals surface area contributed by atoms with Crippen molar-refractivity contribution in [1.82, 2.24) is 19.7 Å². The van der Waals surface area contributed by atoms with Crippen LogP contribution in [0.4, 0.5) is 11.6 Å². The topological polar surface area (TPSA) is 94.4 Å². The minimum atomic E-state index is -0.353. The van der Waals surface area contributed by atoms with Crippen LogP contribution in [-0.4, -0.2) is 50.9 Å². The Kier molecular flexibility index (Phi) is 4.20. The molecule has 2 aromatic rings. The molecule has 0 radical (unpaired) electrons. The molecule has 1 aliphatic rings. The molecular formula is C14H20N7O2+. The van der Waals surface area contributed by atoms with Crippen LogP contribution in [0.3, 0.4) is 0 Å². The molecule has 0 atom stereocenters. The number of quaternary nitrogens is 1. The van der Waals surface area contributed by atoms with Crippen LogP contribution in [0.15, 0.2) is 18.5 Å². The Balaban J connectivity index is 1.63.